The Kier molecular flexibility index (Phi) is 16.3. The van der Waals surface area contributed by atoms with Gasteiger partial charge in [0.15, 0.2) is 6.61 Å². The first kappa shape index (κ1) is 43.4. The predicted molar refractivity (Wildman–Crippen MR) is 213 cm³/mol. The van der Waals surface area contributed by atoms with Crippen molar-refractivity contribution < 1.29 is 34.1 Å². The predicted octanol–water partition coefficient (Wildman–Crippen LogP) is 3.44. The second-order valence-electron chi connectivity index (χ2n) is 15.1. The van der Waals surface area contributed by atoms with Crippen molar-refractivity contribution in [3.63, 3.8) is 0 Å². The summed E-state index contributed by atoms with van der Waals surface area (Å²) in [6.45, 7) is 10.9. The molecule has 0 saturated carbocycles. The molecular weight excluding hydrogens is 715 g/mol. The number of aliphatic hydroxyl groups excluding tert-OH is 2. The van der Waals surface area contributed by atoms with E-state index in [0.29, 0.717) is 23.6 Å². The fourth-order valence-electron chi connectivity index (χ4n) is 6.65. The topological polar surface area (TPSA) is 208 Å². The van der Waals surface area contributed by atoms with Crippen LogP contribution in [0.3, 0.4) is 0 Å². The van der Waals surface area contributed by atoms with Crippen molar-refractivity contribution in [2.45, 2.75) is 97.7 Å². The Morgan fingerprint density at radius 2 is 1.57 bits per heavy atom. The molecule has 2 aromatic heterocycles. The number of imidazole rings is 1. The van der Waals surface area contributed by atoms with Gasteiger partial charge in [-0.15, -0.1) is 0 Å². The molecule has 2 unspecified atom stereocenters. The number of hydrogen-bond donors (Lipinski definition) is 7. The Bertz CT molecular complexity index is 1850. The van der Waals surface area contributed by atoms with Gasteiger partial charge in [-0.05, 0) is 47.8 Å². The monoisotopic (exact) mass is 771 g/mol. The van der Waals surface area contributed by atoms with E-state index < -0.39 is 65.8 Å². The summed E-state index contributed by atoms with van der Waals surface area (Å²) in [4.78, 5) is 65.7. The van der Waals surface area contributed by atoms with E-state index in [9.17, 15) is 29.4 Å². The van der Waals surface area contributed by atoms with Crippen molar-refractivity contribution in [3.8, 4) is 5.75 Å². The molecule has 302 valence electrons. The van der Waals surface area contributed by atoms with Crippen LogP contribution in [0.5, 0.6) is 5.75 Å². The van der Waals surface area contributed by atoms with Gasteiger partial charge in [-0.3, -0.25) is 24.2 Å². The van der Waals surface area contributed by atoms with E-state index in [-0.39, 0.29) is 37.8 Å². The minimum Gasteiger partial charge on any atom is -0.483 e. The van der Waals surface area contributed by atoms with Crippen molar-refractivity contribution in [3.05, 3.63) is 90.8 Å². The number of carbonyl (C=O) groups excluding carboxylic acids is 4. The quantitative estimate of drug-likeness (QED) is 0.0662. The van der Waals surface area contributed by atoms with Gasteiger partial charge in [0.2, 0.25) is 17.7 Å². The Morgan fingerprint density at radius 1 is 0.839 bits per heavy atom. The van der Waals surface area contributed by atoms with Gasteiger partial charge in [0.1, 0.15) is 23.9 Å². The summed E-state index contributed by atoms with van der Waals surface area (Å²) >= 11 is 0. The summed E-state index contributed by atoms with van der Waals surface area (Å²) in [6.07, 6.45) is 2.31. The van der Waals surface area contributed by atoms with Crippen LogP contribution in [0.4, 0.5) is 0 Å². The smallest absolute Gasteiger partial charge is 0.258 e. The van der Waals surface area contributed by atoms with Crippen LogP contribution in [-0.2, 0) is 32.1 Å². The minimum atomic E-state index is -1.62. The third-order valence-corrected chi connectivity index (χ3v) is 9.91. The van der Waals surface area contributed by atoms with E-state index in [0.717, 1.165) is 10.8 Å². The Labute approximate surface area is 328 Å². The number of nitrogens with one attached hydrogen (secondary N) is 5. The van der Waals surface area contributed by atoms with Gasteiger partial charge in [-0.25, -0.2) is 4.98 Å². The Balaban J connectivity index is 1.48. The van der Waals surface area contributed by atoms with Gasteiger partial charge in [0.25, 0.3) is 5.91 Å². The van der Waals surface area contributed by atoms with Gasteiger partial charge in [0, 0.05) is 29.9 Å². The molecule has 0 spiro atoms. The van der Waals surface area contributed by atoms with Crippen molar-refractivity contribution >= 4 is 34.4 Å². The highest BCUT2D eigenvalue weighted by atomic mass is 16.5. The first-order valence-corrected chi connectivity index (χ1v) is 19.3. The summed E-state index contributed by atoms with van der Waals surface area (Å²) in [5.41, 5.74) is 1.24. The highest BCUT2D eigenvalue weighted by Gasteiger charge is 2.41. The number of fused-ring (bicyclic) bond motifs is 1. The molecule has 4 amide bonds. The molecule has 2 aromatic carbocycles. The standard InChI is InChI=1S/C42H57N7O7/c1-7-27(6)37(42(55)45-22-29-15-10-11-18-44-29)49-41(54)36(26(4)5)39(52)38(51)32(19-25(2)3)48-40(53)33(20-30-21-43-24-46-30)47-35(50)23-56-34-17-12-14-28-13-8-9-16-31(28)34/h8-18,21,24-27,32-33,36-39,51-52H,7,19-20,22-23H2,1-6H3,(H,43,46)(H,45,55)(H,47,50)(H,48,53)(H,49,54)/t27-,32-,33-,36-,37-,38?,39?/m0/s1. The second-order valence-corrected chi connectivity index (χ2v) is 15.1. The first-order valence-electron chi connectivity index (χ1n) is 19.3. The summed E-state index contributed by atoms with van der Waals surface area (Å²) in [5.74, 6) is -3.52. The maximum absolute atomic E-state index is 14.0. The number of pyridine rings is 1. The van der Waals surface area contributed by atoms with E-state index in [2.05, 4.69) is 36.2 Å². The zero-order chi connectivity index (χ0) is 40.8. The zero-order valence-corrected chi connectivity index (χ0v) is 33.1. The van der Waals surface area contributed by atoms with E-state index >= 15 is 0 Å². The molecular formula is C42H57N7O7. The van der Waals surface area contributed by atoms with E-state index in [1.807, 2.05) is 70.2 Å². The van der Waals surface area contributed by atoms with Gasteiger partial charge in [-0.1, -0.05) is 90.4 Å². The highest BCUT2D eigenvalue weighted by molar-refractivity contribution is 5.91. The number of hydrogen-bond acceptors (Lipinski definition) is 9. The average molecular weight is 772 g/mol. The van der Waals surface area contributed by atoms with E-state index in [4.69, 9.17) is 4.74 Å². The molecule has 0 radical (unpaired) electrons. The molecule has 4 aromatic rings. The zero-order valence-electron chi connectivity index (χ0n) is 33.1. The van der Waals surface area contributed by atoms with Crippen LogP contribution in [0.25, 0.3) is 10.8 Å². The largest absolute Gasteiger partial charge is 0.483 e. The third kappa shape index (κ3) is 12.3. The molecule has 0 aliphatic carbocycles. The van der Waals surface area contributed by atoms with Crippen molar-refractivity contribution in [2.75, 3.05) is 6.61 Å². The molecule has 0 saturated heterocycles. The number of H-pyrrole nitrogens is 1. The fourth-order valence-corrected chi connectivity index (χ4v) is 6.65. The number of ether oxygens (including phenoxy) is 1. The number of aliphatic hydroxyl groups is 2. The second kappa shape index (κ2) is 21.1. The summed E-state index contributed by atoms with van der Waals surface area (Å²) < 4.78 is 5.87. The molecule has 14 nitrogen and oxygen atoms in total. The van der Waals surface area contributed by atoms with Crippen LogP contribution in [0.1, 0.15) is 65.8 Å². The lowest BCUT2D eigenvalue weighted by Gasteiger charge is -2.35. The van der Waals surface area contributed by atoms with Crippen LogP contribution < -0.4 is 26.0 Å². The van der Waals surface area contributed by atoms with Gasteiger partial charge >= 0.3 is 0 Å². The Hall–Kier alpha value is -5.34. The maximum atomic E-state index is 14.0. The lowest BCUT2D eigenvalue weighted by molar-refractivity contribution is -0.141. The van der Waals surface area contributed by atoms with E-state index in [1.54, 1.807) is 44.4 Å². The normalized spacial score (nSPS) is 15.2. The maximum Gasteiger partial charge on any atom is 0.258 e. The third-order valence-electron chi connectivity index (χ3n) is 9.91. The summed E-state index contributed by atoms with van der Waals surface area (Å²) in [5, 5.41) is 36.5. The summed E-state index contributed by atoms with van der Waals surface area (Å²) in [7, 11) is 0. The van der Waals surface area contributed by atoms with Gasteiger partial charge in [-0.2, -0.15) is 0 Å². The van der Waals surface area contributed by atoms with Gasteiger partial charge < -0.3 is 41.2 Å². The minimum absolute atomic E-state index is 0.0409. The first-order chi connectivity index (χ1) is 26.8. The van der Waals surface area contributed by atoms with Crippen LogP contribution >= 0.6 is 0 Å². The van der Waals surface area contributed by atoms with Crippen molar-refractivity contribution in [2.24, 2.45) is 23.7 Å². The molecule has 2 heterocycles. The number of amides is 4. The molecule has 56 heavy (non-hydrogen) atoms. The molecule has 0 bridgehead atoms. The van der Waals surface area contributed by atoms with Crippen molar-refractivity contribution in [1.29, 1.82) is 0 Å². The molecule has 14 heteroatoms. The molecule has 0 fully saturated rings. The fraction of sp³-hybridized carbons (Fsp3) is 0.476. The lowest BCUT2D eigenvalue weighted by atomic mass is 9.82. The number of rotatable bonds is 21. The molecule has 4 rings (SSSR count). The number of nitrogens with zero attached hydrogens (tertiary/aromatic N) is 2. The number of carbonyl (C=O) groups is 4. The van der Waals surface area contributed by atoms with Crippen LogP contribution in [-0.4, -0.2) is 85.7 Å². The van der Waals surface area contributed by atoms with Gasteiger partial charge in [0.05, 0.1) is 36.6 Å². The average Bonchev–Trinajstić information content (AvgIpc) is 3.70. The lowest BCUT2D eigenvalue weighted by Crippen LogP contribution is -2.59. The number of benzene rings is 2. The summed E-state index contributed by atoms with van der Waals surface area (Å²) in [6, 6.07) is 15.5. The van der Waals surface area contributed by atoms with Crippen molar-refractivity contribution in [1.82, 2.24) is 36.2 Å². The highest BCUT2D eigenvalue weighted by Crippen LogP contribution is 2.26. The molecule has 0 aliphatic rings. The van der Waals surface area contributed by atoms with E-state index in [1.165, 1.54) is 6.33 Å². The molecule has 0 aliphatic heterocycles. The number of aromatic amines is 1. The SMILES string of the molecule is CC[C@H](C)[C@H](NC(=O)[C@@H](C(C)C)C(O)C(O)[C@H](CC(C)C)NC(=O)[C@H](Cc1cnc[nH]1)NC(=O)COc1cccc2ccccc12)C(=O)NCc1ccccn1. The number of aromatic nitrogens is 3. The molecule has 7 N–H and O–H groups in total. The van der Waals surface area contributed by atoms with Crippen LogP contribution in [0, 0.1) is 23.7 Å². The molecule has 7 atom stereocenters. The van der Waals surface area contributed by atoms with Crippen LogP contribution in [0.15, 0.2) is 79.4 Å². The van der Waals surface area contributed by atoms with Crippen LogP contribution in [0.2, 0.25) is 0 Å². The Morgan fingerprint density at radius 3 is 2.23 bits per heavy atom.